The number of ether oxygens (including phenoxy) is 2. The van der Waals surface area contributed by atoms with Crippen LogP contribution in [0.1, 0.15) is 33.6 Å². The van der Waals surface area contributed by atoms with Crippen LogP contribution in [0.25, 0.3) is 0 Å². The van der Waals surface area contributed by atoms with Crippen LogP contribution in [-0.4, -0.2) is 28.8 Å². The number of hydrogen-bond donors (Lipinski definition) is 1. The van der Waals surface area contributed by atoms with Gasteiger partial charge in [-0.1, -0.05) is 0 Å². The fraction of sp³-hybridized carbons (Fsp3) is 0.571. The van der Waals surface area contributed by atoms with Crippen molar-refractivity contribution in [1.82, 2.24) is 10.3 Å². The second kappa shape index (κ2) is 5.83. The summed E-state index contributed by atoms with van der Waals surface area (Å²) >= 11 is 0. The Labute approximate surface area is 121 Å². The van der Waals surface area contributed by atoms with E-state index in [4.69, 9.17) is 9.47 Å². The molecule has 1 amide bonds. The highest BCUT2D eigenvalue weighted by atomic mass is 19.1. The first-order valence-corrected chi connectivity index (χ1v) is 6.71. The van der Waals surface area contributed by atoms with Crippen LogP contribution < -0.4 is 10.1 Å². The van der Waals surface area contributed by atoms with Gasteiger partial charge in [-0.25, -0.2) is 4.79 Å². The van der Waals surface area contributed by atoms with Crippen LogP contribution in [0.2, 0.25) is 0 Å². The first-order valence-electron chi connectivity index (χ1n) is 6.71. The summed E-state index contributed by atoms with van der Waals surface area (Å²) in [5.74, 6) is -1.95. The highest BCUT2D eigenvalue weighted by Crippen LogP contribution is 2.27. The van der Waals surface area contributed by atoms with Crippen LogP contribution in [0.15, 0.2) is 12.1 Å². The fourth-order valence-electron chi connectivity index (χ4n) is 1.92. The lowest BCUT2D eigenvalue weighted by Crippen LogP contribution is -2.50. The molecular weight excluding hydrogens is 282 g/mol. The highest BCUT2D eigenvalue weighted by Gasteiger charge is 2.33. The number of halogens is 2. The molecule has 0 atom stereocenters. The molecule has 21 heavy (non-hydrogen) atoms. The lowest BCUT2D eigenvalue weighted by Gasteiger charge is -2.36. The summed E-state index contributed by atoms with van der Waals surface area (Å²) in [6.07, 6.45) is 0.360. The Kier molecular flexibility index (Phi) is 4.29. The molecule has 1 aliphatic rings. The van der Waals surface area contributed by atoms with E-state index in [0.717, 1.165) is 6.07 Å². The predicted molar refractivity (Wildman–Crippen MR) is 71.0 cm³/mol. The SMILES string of the molecule is CC(C)(C)OC(=O)NC1CC(Oc2ccc(F)nc2F)C1. The molecule has 7 heteroatoms. The number of amides is 1. The molecule has 1 fully saturated rings. The number of carbonyl (C=O) groups is 1. The third-order valence-corrected chi connectivity index (χ3v) is 2.89. The number of rotatable bonds is 3. The first-order chi connectivity index (χ1) is 9.73. The molecule has 1 aromatic rings. The Balaban J connectivity index is 1.75. The lowest BCUT2D eigenvalue weighted by atomic mass is 9.89. The summed E-state index contributed by atoms with van der Waals surface area (Å²) in [6.45, 7) is 5.34. The van der Waals surface area contributed by atoms with Gasteiger partial charge < -0.3 is 14.8 Å². The number of aromatic nitrogens is 1. The minimum Gasteiger partial charge on any atom is -0.485 e. The molecule has 116 valence electrons. The van der Waals surface area contributed by atoms with E-state index in [2.05, 4.69) is 10.3 Å². The summed E-state index contributed by atoms with van der Waals surface area (Å²) in [5, 5.41) is 2.70. The molecule has 2 rings (SSSR count). The minimum atomic E-state index is -0.974. The van der Waals surface area contributed by atoms with Crippen molar-refractivity contribution in [3.63, 3.8) is 0 Å². The average Bonchev–Trinajstić information content (AvgIpc) is 2.26. The smallest absolute Gasteiger partial charge is 0.407 e. The van der Waals surface area contributed by atoms with Gasteiger partial charge >= 0.3 is 6.09 Å². The maximum atomic E-state index is 13.3. The van der Waals surface area contributed by atoms with E-state index in [0.29, 0.717) is 12.8 Å². The number of nitrogens with one attached hydrogen (secondary N) is 1. The normalized spacial score (nSPS) is 21.4. The van der Waals surface area contributed by atoms with Crippen molar-refractivity contribution in [3.8, 4) is 5.75 Å². The molecule has 0 aliphatic heterocycles. The van der Waals surface area contributed by atoms with Gasteiger partial charge in [0.05, 0.1) is 0 Å². The molecule has 0 spiro atoms. The van der Waals surface area contributed by atoms with E-state index in [-0.39, 0.29) is 17.9 Å². The second-order valence-electron chi connectivity index (χ2n) is 5.98. The van der Waals surface area contributed by atoms with Gasteiger partial charge in [0.2, 0.25) is 5.95 Å². The Morgan fingerprint density at radius 2 is 2.00 bits per heavy atom. The van der Waals surface area contributed by atoms with Crippen molar-refractivity contribution in [2.75, 3.05) is 0 Å². The van der Waals surface area contributed by atoms with Gasteiger partial charge in [0, 0.05) is 18.9 Å². The predicted octanol–water partition coefficient (Wildman–Crippen LogP) is 2.79. The van der Waals surface area contributed by atoms with Gasteiger partial charge in [-0.05, 0) is 32.9 Å². The Morgan fingerprint density at radius 3 is 2.57 bits per heavy atom. The largest absolute Gasteiger partial charge is 0.485 e. The molecule has 1 heterocycles. The van der Waals surface area contributed by atoms with Crippen molar-refractivity contribution >= 4 is 6.09 Å². The summed E-state index contributed by atoms with van der Waals surface area (Å²) in [6, 6.07) is 2.17. The van der Waals surface area contributed by atoms with Gasteiger partial charge in [0.25, 0.3) is 5.95 Å². The van der Waals surface area contributed by atoms with Crippen molar-refractivity contribution in [2.24, 2.45) is 0 Å². The van der Waals surface area contributed by atoms with Gasteiger partial charge in [0.1, 0.15) is 11.7 Å². The van der Waals surface area contributed by atoms with Crippen LogP contribution >= 0.6 is 0 Å². The van der Waals surface area contributed by atoms with Gasteiger partial charge in [-0.3, -0.25) is 0 Å². The van der Waals surface area contributed by atoms with Gasteiger partial charge in [-0.2, -0.15) is 13.8 Å². The molecule has 1 aromatic heterocycles. The molecule has 0 saturated heterocycles. The topological polar surface area (TPSA) is 60.5 Å². The molecular formula is C14H18F2N2O3. The zero-order valence-electron chi connectivity index (χ0n) is 12.2. The quantitative estimate of drug-likeness (QED) is 0.872. The van der Waals surface area contributed by atoms with Crippen LogP contribution in [-0.2, 0) is 4.74 Å². The number of nitrogens with zero attached hydrogens (tertiary/aromatic N) is 1. The van der Waals surface area contributed by atoms with Crippen LogP contribution in [0.3, 0.4) is 0 Å². The summed E-state index contributed by atoms with van der Waals surface area (Å²) in [7, 11) is 0. The van der Waals surface area contributed by atoms with E-state index in [1.807, 2.05) is 0 Å². The van der Waals surface area contributed by atoms with Crippen molar-refractivity contribution in [3.05, 3.63) is 24.0 Å². The van der Waals surface area contributed by atoms with Crippen LogP contribution in [0, 0.1) is 11.9 Å². The number of carbonyl (C=O) groups excluding carboxylic acids is 1. The van der Waals surface area contributed by atoms with E-state index in [9.17, 15) is 13.6 Å². The van der Waals surface area contributed by atoms with E-state index in [1.54, 1.807) is 20.8 Å². The standard InChI is InChI=1S/C14H18F2N2O3/c1-14(2,3)21-13(19)17-8-6-9(7-8)20-10-4-5-11(15)18-12(10)16/h4-5,8-9H,6-7H2,1-3H3,(H,17,19). The summed E-state index contributed by atoms with van der Waals surface area (Å²) in [5.41, 5.74) is -0.549. The molecule has 0 bridgehead atoms. The van der Waals surface area contributed by atoms with Gasteiger partial charge in [-0.15, -0.1) is 0 Å². The maximum Gasteiger partial charge on any atom is 0.407 e. The number of alkyl carbamates (subject to hydrolysis) is 1. The highest BCUT2D eigenvalue weighted by molar-refractivity contribution is 5.68. The van der Waals surface area contributed by atoms with E-state index < -0.39 is 23.6 Å². The first kappa shape index (κ1) is 15.5. The zero-order valence-corrected chi connectivity index (χ0v) is 12.2. The molecule has 0 unspecified atom stereocenters. The molecule has 0 aromatic carbocycles. The monoisotopic (exact) mass is 300 g/mol. The molecule has 5 nitrogen and oxygen atoms in total. The number of pyridine rings is 1. The summed E-state index contributed by atoms with van der Waals surface area (Å²) in [4.78, 5) is 14.6. The van der Waals surface area contributed by atoms with E-state index in [1.165, 1.54) is 6.07 Å². The minimum absolute atomic E-state index is 0.0682. The maximum absolute atomic E-state index is 13.3. The molecule has 1 aliphatic carbocycles. The van der Waals surface area contributed by atoms with Crippen molar-refractivity contribution < 1.29 is 23.0 Å². The third-order valence-electron chi connectivity index (χ3n) is 2.89. The zero-order chi connectivity index (χ0) is 15.6. The average molecular weight is 300 g/mol. The van der Waals surface area contributed by atoms with Gasteiger partial charge in [0.15, 0.2) is 5.75 Å². The Bertz CT molecular complexity index is 525. The second-order valence-corrected chi connectivity index (χ2v) is 5.98. The Morgan fingerprint density at radius 1 is 1.33 bits per heavy atom. The summed E-state index contributed by atoms with van der Waals surface area (Å²) < 4.78 is 36.4. The molecule has 1 saturated carbocycles. The fourth-order valence-corrected chi connectivity index (χ4v) is 1.92. The number of hydrogen-bond acceptors (Lipinski definition) is 4. The molecule has 0 radical (unpaired) electrons. The molecule has 1 N–H and O–H groups in total. The third kappa shape index (κ3) is 4.54. The van der Waals surface area contributed by atoms with Crippen molar-refractivity contribution in [1.29, 1.82) is 0 Å². The van der Waals surface area contributed by atoms with Crippen molar-refractivity contribution in [2.45, 2.75) is 51.4 Å². The van der Waals surface area contributed by atoms with Crippen LogP contribution in [0.5, 0.6) is 5.75 Å². The lowest BCUT2D eigenvalue weighted by molar-refractivity contribution is 0.0353. The van der Waals surface area contributed by atoms with Crippen LogP contribution in [0.4, 0.5) is 13.6 Å². The Hall–Kier alpha value is -1.92. The van der Waals surface area contributed by atoms with E-state index >= 15 is 0 Å².